The summed E-state index contributed by atoms with van der Waals surface area (Å²) in [5.41, 5.74) is 10.6. The molecule has 5 nitrogen and oxygen atoms in total. The molecule has 1 amide bonds. The van der Waals surface area contributed by atoms with Crippen LogP contribution in [0.2, 0.25) is 0 Å². The molecule has 135 valence electrons. The van der Waals surface area contributed by atoms with E-state index in [1.54, 1.807) is 18.9 Å². The molecule has 3 rings (SSSR count). The number of fused-ring (bicyclic) bond motifs is 1. The van der Waals surface area contributed by atoms with Gasteiger partial charge in [0.05, 0.1) is 12.8 Å². The second-order valence-corrected chi connectivity index (χ2v) is 6.48. The highest BCUT2D eigenvalue weighted by Gasteiger charge is 2.20. The van der Waals surface area contributed by atoms with Crippen molar-refractivity contribution in [2.45, 2.75) is 25.9 Å². The first-order valence-corrected chi connectivity index (χ1v) is 8.70. The quantitative estimate of drug-likeness (QED) is 0.834. The molecule has 0 fully saturated rings. The Morgan fingerprint density at radius 1 is 1.19 bits per heavy atom. The number of ether oxygens (including phenoxy) is 1. The summed E-state index contributed by atoms with van der Waals surface area (Å²) in [6.07, 6.45) is 2.55. The molecule has 1 aliphatic heterocycles. The third kappa shape index (κ3) is 4.06. The van der Waals surface area contributed by atoms with Crippen molar-refractivity contribution >= 4 is 17.2 Å². The van der Waals surface area contributed by atoms with Gasteiger partial charge in [0.2, 0.25) is 5.91 Å². The molecule has 1 atom stereocenters. The number of hydrogen-bond acceptors (Lipinski definition) is 3. The number of benzene rings is 2. The molecule has 2 aromatic rings. The summed E-state index contributed by atoms with van der Waals surface area (Å²) in [6.45, 7) is 2.53. The van der Waals surface area contributed by atoms with Gasteiger partial charge in [0, 0.05) is 43.4 Å². The largest absolute Gasteiger partial charge is 0.496 e. The second kappa shape index (κ2) is 8.06. The van der Waals surface area contributed by atoms with Gasteiger partial charge in [0.15, 0.2) is 0 Å². The lowest BCUT2D eigenvalue weighted by molar-refractivity contribution is -0.129. The lowest BCUT2D eigenvalue weighted by atomic mass is 10.00. The van der Waals surface area contributed by atoms with Crippen LogP contribution in [-0.2, 0) is 11.3 Å². The summed E-state index contributed by atoms with van der Waals surface area (Å²) >= 11 is 0. The third-order valence-electron chi connectivity index (χ3n) is 4.55. The van der Waals surface area contributed by atoms with Crippen LogP contribution in [0.3, 0.4) is 0 Å². The van der Waals surface area contributed by atoms with E-state index in [2.05, 4.69) is 11.4 Å². The van der Waals surface area contributed by atoms with E-state index in [4.69, 9.17) is 10.5 Å². The van der Waals surface area contributed by atoms with Gasteiger partial charge in [-0.15, -0.1) is 0 Å². The molecule has 2 N–H and O–H groups in total. The molecule has 0 aliphatic carbocycles. The fourth-order valence-electron chi connectivity index (χ4n) is 3.21. The summed E-state index contributed by atoms with van der Waals surface area (Å²) in [5.74, 6) is 0.774. The molecular weight excluding hydrogens is 326 g/mol. The molecule has 1 heterocycles. The van der Waals surface area contributed by atoms with Crippen molar-refractivity contribution in [2.24, 2.45) is 5.73 Å². The Morgan fingerprint density at radius 3 is 2.69 bits per heavy atom. The van der Waals surface area contributed by atoms with Crippen molar-refractivity contribution in [2.75, 3.05) is 13.7 Å². The molecule has 0 aromatic heterocycles. The lowest BCUT2D eigenvalue weighted by Crippen LogP contribution is -2.39. The first-order valence-electron chi connectivity index (χ1n) is 8.70. The average Bonchev–Trinajstić information content (AvgIpc) is 3.04. The number of nitrogens with two attached hydrogens (primary N) is 1. The first-order chi connectivity index (χ1) is 12.6. The summed E-state index contributed by atoms with van der Waals surface area (Å²) < 4.78 is 5.39. The Morgan fingerprint density at radius 2 is 1.92 bits per heavy atom. The van der Waals surface area contributed by atoms with Crippen molar-refractivity contribution in [3.63, 3.8) is 0 Å². The predicted octanol–water partition coefficient (Wildman–Crippen LogP) is 3.05. The minimum atomic E-state index is -0.166. The number of para-hydroxylation sites is 2. The van der Waals surface area contributed by atoms with Crippen LogP contribution in [0.15, 0.2) is 54.7 Å². The number of rotatable bonds is 7. The van der Waals surface area contributed by atoms with Crippen LogP contribution in [0.4, 0.5) is 5.69 Å². The van der Waals surface area contributed by atoms with Gasteiger partial charge >= 0.3 is 0 Å². The van der Waals surface area contributed by atoms with Crippen molar-refractivity contribution in [1.82, 2.24) is 10.2 Å². The Balaban J connectivity index is 1.66. The van der Waals surface area contributed by atoms with E-state index in [1.165, 1.54) is 0 Å². The zero-order valence-electron chi connectivity index (χ0n) is 15.2. The molecule has 1 radical (unpaired) electrons. The van der Waals surface area contributed by atoms with Crippen LogP contribution >= 0.6 is 0 Å². The van der Waals surface area contributed by atoms with E-state index in [9.17, 15) is 4.79 Å². The van der Waals surface area contributed by atoms with E-state index in [0.717, 1.165) is 28.1 Å². The van der Waals surface area contributed by atoms with Gasteiger partial charge in [-0.05, 0) is 24.1 Å². The van der Waals surface area contributed by atoms with Gasteiger partial charge in [-0.3, -0.25) is 10.1 Å². The van der Waals surface area contributed by atoms with Crippen LogP contribution in [0.5, 0.6) is 5.75 Å². The van der Waals surface area contributed by atoms with Crippen LogP contribution in [-0.4, -0.2) is 30.5 Å². The standard InChI is InChI=1S/C21H24N3O2/c1-15(25)24(13-16-7-3-6-10-21(16)26-2)14-18(22)11-17-12-23-20-9-5-4-8-19(17)20/h3-10,12,18H,11,13-14,22H2,1-2H3. The Bertz CT molecular complexity index is 816. The maximum absolute atomic E-state index is 12.1. The van der Waals surface area contributed by atoms with E-state index in [-0.39, 0.29) is 11.9 Å². The van der Waals surface area contributed by atoms with E-state index >= 15 is 0 Å². The number of methoxy groups -OCH3 is 1. The van der Waals surface area contributed by atoms with E-state index < -0.39 is 0 Å². The van der Waals surface area contributed by atoms with Gasteiger partial charge in [0.25, 0.3) is 0 Å². The highest BCUT2D eigenvalue weighted by molar-refractivity contribution is 5.79. The molecule has 2 aromatic carbocycles. The number of nitrogens with zero attached hydrogens (tertiary/aromatic N) is 2. The van der Waals surface area contributed by atoms with Crippen LogP contribution in [0, 0.1) is 0 Å². The van der Waals surface area contributed by atoms with Crippen molar-refractivity contribution in [3.8, 4) is 5.75 Å². The van der Waals surface area contributed by atoms with Crippen molar-refractivity contribution in [1.29, 1.82) is 0 Å². The monoisotopic (exact) mass is 350 g/mol. The topological polar surface area (TPSA) is 69.7 Å². The third-order valence-corrected chi connectivity index (χ3v) is 4.55. The SMILES string of the molecule is COc1ccccc1CN(CC(N)CC1=C[N]c2ccccc21)C(C)=O. The van der Waals surface area contributed by atoms with E-state index in [0.29, 0.717) is 19.5 Å². The summed E-state index contributed by atoms with van der Waals surface area (Å²) in [5, 5.41) is 4.42. The molecule has 0 saturated carbocycles. The smallest absolute Gasteiger partial charge is 0.219 e. The number of carbonyl (C=O) groups excluding carboxylic acids is 1. The normalized spacial score (nSPS) is 13.4. The molecule has 5 heteroatoms. The highest BCUT2D eigenvalue weighted by Crippen LogP contribution is 2.32. The minimum Gasteiger partial charge on any atom is -0.496 e. The van der Waals surface area contributed by atoms with Crippen molar-refractivity contribution in [3.05, 3.63) is 65.9 Å². The van der Waals surface area contributed by atoms with E-state index in [1.807, 2.05) is 48.7 Å². The summed E-state index contributed by atoms with van der Waals surface area (Å²) in [7, 11) is 1.64. The number of carbonyl (C=O) groups is 1. The van der Waals surface area contributed by atoms with Gasteiger partial charge in [-0.2, -0.15) is 0 Å². The fraction of sp³-hybridized carbons (Fsp3) is 0.286. The number of hydrogen-bond donors (Lipinski definition) is 1. The predicted molar refractivity (Wildman–Crippen MR) is 103 cm³/mol. The molecule has 0 bridgehead atoms. The van der Waals surface area contributed by atoms with Crippen LogP contribution < -0.4 is 15.8 Å². The molecule has 26 heavy (non-hydrogen) atoms. The Hall–Kier alpha value is -2.79. The molecule has 0 saturated heterocycles. The molecule has 0 spiro atoms. The van der Waals surface area contributed by atoms with Gasteiger partial charge in [0.1, 0.15) is 5.75 Å². The molecular formula is C21H24N3O2. The minimum absolute atomic E-state index is 0.00292. The van der Waals surface area contributed by atoms with Gasteiger partial charge in [-0.25, -0.2) is 0 Å². The Kier molecular flexibility index (Phi) is 5.58. The fourth-order valence-corrected chi connectivity index (χ4v) is 3.21. The van der Waals surface area contributed by atoms with Crippen LogP contribution in [0.1, 0.15) is 24.5 Å². The van der Waals surface area contributed by atoms with Crippen molar-refractivity contribution < 1.29 is 9.53 Å². The zero-order valence-corrected chi connectivity index (χ0v) is 15.2. The average molecular weight is 350 g/mol. The second-order valence-electron chi connectivity index (χ2n) is 6.48. The maximum Gasteiger partial charge on any atom is 0.219 e. The molecule has 1 unspecified atom stereocenters. The summed E-state index contributed by atoms with van der Waals surface area (Å²) in [6, 6.07) is 15.6. The van der Waals surface area contributed by atoms with Gasteiger partial charge in [-0.1, -0.05) is 36.4 Å². The Labute approximate surface area is 154 Å². The zero-order chi connectivity index (χ0) is 18.5. The highest BCUT2D eigenvalue weighted by atomic mass is 16.5. The molecule has 1 aliphatic rings. The van der Waals surface area contributed by atoms with Gasteiger partial charge < -0.3 is 15.4 Å². The summed E-state index contributed by atoms with van der Waals surface area (Å²) in [4.78, 5) is 13.9. The lowest BCUT2D eigenvalue weighted by Gasteiger charge is -2.26. The first kappa shape index (κ1) is 18.0. The van der Waals surface area contributed by atoms with Crippen LogP contribution in [0.25, 0.3) is 5.57 Å². The number of amides is 1. The maximum atomic E-state index is 12.1.